The van der Waals surface area contributed by atoms with E-state index < -0.39 is 9.79 Å². The number of aromatic nitrogens is 1. The van der Waals surface area contributed by atoms with Gasteiger partial charge in [0.15, 0.2) is 0 Å². The Hall–Kier alpha value is -12.1. The summed E-state index contributed by atoms with van der Waals surface area (Å²) >= 11 is 1.47. The number of hydrogen-bond acceptors (Lipinski definition) is 4. The van der Waals surface area contributed by atoms with E-state index in [0.717, 1.165) is 50.8 Å². The summed E-state index contributed by atoms with van der Waals surface area (Å²) in [7, 11) is 1.25. The van der Waals surface area contributed by atoms with Crippen LogP contribution < -0.4 is 13.6 Å². The molecule has 0 fully saturated rings. The number of nitrogens with zero attached hydrogens (tertiary/aromatic N) is 3. The zero-order valence-electron chi connectivity index (χ0n) is 70.2. The van der Waals surface area contributed by atoms with E-state index in [1.807, 2.05) is 42.5 Å². The number of fused-ring (bicyclic) bond motifs is 1. The Kier molecular flexibility index (Phi) is 33.3. The number of aryl methyl sites for hydroxylation is 2. The second kappa shape index (κ2) is 46.5. The van der Waals surface area contributed by atoms with E-state index in [0.29, 0.717) is 0 Å². The Morgan fingerprint density at radius 3 is 0.851 bits per heavy atom. The van der Waals surface area contributed by atoms with Crippen molar-refractivity contribution < 1.29 is 22.3 Å². The van der Waals surface area contributed by atoms with E-state index in [2.05, 4.69) is 465 Å². The van der Waals surface area contributed by atoms with Crippen LogP contribution in [0.1, 0.15) is 51.9 Å². The third kappa shape index (κ3) is 24.4. The Balaban J connectivity index is 0.000000179. The molecular formula is C112H99AlBiN3OP2V. The molecule has 1 aromatic heterocycles. The van der Waals surface area contributed by atoms with Crippen molar-refractivity contribution in [1.82, 2.24) is 4.98 Å². The maximum atomic E-state index is 5.90. The molecule has 3 radical (unpaired) electrons. The minimum Gasteiger partial charge on any atom is -0.0622 e. The predicted octanol–water partition coefficient (Wildman–Crippen LogP) is 29.4. The molecule has 18 aromatic rings. The van der Waals surface area contributed by atoms with E-state index >= 15 is 0 Å². The monoisotopic (exact) mass is 1850 g/mol. The van der Waals surface area contributed by atoms with Crippen molar-refractivity contribution in [2.24, 2.45) is 0 Å². The molecule has 591 valence electrons. The van der Waals surface area contributed by atoms with Gasteiger partial charge in [-0.15, -0.1) is 0 Å². The molecule has 0 aliphatic rings. The van der Waals surface area contributed by atoms with Crippen LogP contribution in [-0.4, -0.2) is 51.6 Å². The van der Waals surface area contributed by atoms with Gasteiger partial charge in [-0.05, 0) is 222 Å². The van der Waals surface area contributed by atoms with Gasteiger partial charge in [-0.25, -0.2) is 0 Å². The average molecular weight is 1860 g/mol. The van der Waals surface area contributed by atoms with Gasteiger partial charge >= 0.3 is 42.8 Å². The quantitative estimate of drug-likeness (QED) is 0.0486. The molecule has 0 bridgehead atoms. The number of rotatable bonds is 18. The molecule has 4 nitrogen and oxygen atoms in total. The van der Waals surface area contributed by atoms with Gasteiger partial charge in [0, 0.05) is 64.3 Å². The zero-order chi connectivity index (χ0) is 83.6. The zero-order valence-corrected chi connectivity index (χ0v) is 76.7. The van der Waals surface area contributed by atoms with Gasteiger partial charge in [0.1, 0.15) is 11.3 Å². The van der Waals surface area contributed by atoms with Crippen LogP contribution >= 0.6 is 19.6 Å². The normalized spacial score (nSPS) is 10.4. The Morgan fingerprint density at radius 2 is 0.554 bits per heavy atom. The molecule has 0 saturated heterocycles. The first-order valence-corrected chi connectivity index (χ1v) is 39.9. The second-order valence-corrected chi connectivity index (χ2v) is 28.6. The van der Waals surface area contributed by atoms with Crippen LogP contribution in [0.4, 0.5) is 34.1 Å². The summed E-state index contributed by atoms with van der Waals surface area (Å²) in [4.78, 5) is 8.84. The van der Waals surface area contributed by atoms with Crippen LogP contribution in [0, 0.1) is 13.8 Å². The fourth-order valence-electron chi connectivity index (χ4n) is 14.4. The molecule has 9 heteroatoms. The van der Waals surface area contributed by atoms with Gasteiger partial charge in [-0.3, -0.25) is 4.98 Å². The summed E-state index contributed by atoms with van der Waals surface area (Å²) in [6, 6.07) is 164. The maximum Gasteiger partial charge on any atom is 0 e. The molecule has 0 aliphatic carbocycles. The van der Waals surface area contributed by atoms with Gasteiger partial charge in [-0.2, -0.15) is 19.6 Å². The first kappa shape index (κ1) is 86.7. The number of para-hydroxylation sites is 3. The average Bonchev–Trinajstić information content (AvgIpc) is 0.951. The topological polar surface area (TPSA) is 28.6 Å². The van der Waals surface area contributed by atoms with Crippen molar-refractivity contribution in [2.45, 2.75) is 21.3 Å². The molecule has 2 unspecified atom stereocenters. The van der Waals surface area contributed by atoms with E-state index in [4.69, 9.17) is 7.62 Å². The van der Waals surface area contributed by atoms with Crippen LogP contribution in [0.3, 0.4) is 0 Å². The van der Waals surface area contributed by atoms with Crippen molar-refractivity contribution in [3.8, 4) is 61.4 Å². The van der Waals surface area contributed by atoms with Crippen LogP contribution in [0.15, 0.2) is 473 Å². The van der Waals surface area contributed by atoms with Crippen molar-refractivity contribution in [2.75, 3.05) is 9.80 Å². The molecule has 18 rings (SSSR count). The summed E-state index contributed by atoms with van der Waals surface area (Å²) in [5, 5.41) is 1.11. The predicted molar refractivity (Wildman–Crippen MR) is 532 cm³/mol. The van der Waals surface area contributed by atoms with Crippen molar-refractivity contribution >= 4 is 131 Å². The van der Waals surface area contributed by atoms with Gasteiger partial charge in [0.2, 0.25) is 0 Å². The molecule has 121 heavy (non-hydrogen) atoms. The van der Waals surface area contributed by atoms with Gasteiger partial charge in [0.05, 0.1) is 3.84 Å². The minimum atomic E-state index is -0.417. The molecule has 17 aromatic carbocycles. The second-order valence-electron chi connectivity index (χ2n) is 28.3. The maximum absolute atomic E-state index is 5.90. The van der Waals surface area contributed by atoms with E-state index in [1.54, 1.807) is 16.0 Å². The van der Waals surface area contributed by atoms with E-state index in [-0.39, 0.29) is 52.2 Å². The molecule has 0 aliphatic heterocycles. The van der Waals surface area contributed by atoms with Gasteiger partial charge in [-0.1, -0.05) is 390 Å². The molecule has 0 saturated carbocycles. The molecule has 0 spiro atoms. The first-order chi connectivity index (χ1) is 59.7. The number of hydrogen-bond donors (Lipinski definition) is 0. The van der Waals surface area contributed by atoms with Gasteiger partial charge < -0.3 is 13.6 Å². The molecule has 1 heterocycles. The van der Waals surface area contributed by atoms with Crippen LogP contribution in [-0.2, 0) is 18.6 Å². The minimum absolute atomic E-state index is 0. The smallest absolute Gasteiger partial charge is 0 e. The van der Waals surface area contributed by atoms with Crippen LogP contribution in [0.5, 0.6) is 5.75 Å². The Morgan fingerprint density at radius 1 is 0.314 bits per heavy atom. The Labute approximate surface area is 765 Å². The SMILES string of the molecule is C.C(=C(c1ccccc1)c1ccccc1)c1ccc(-c2ccc(C=C(c3ccccc3)c3ccccc3)cc2)cc1.Cc1cccc(N(c2ccccc2)c2ccc(-c3ccc(N(c4ccccc4)c4cccc(C)c4)cc3)cc2)c1.[2H]P.[2H]P[3H].[AlH][O]c1cccc2cccnc12.[BiH2].[V].c1ccc(-c2ccc(-c3ccc(-c4ccccc4)cc3)cc2)cc1. The third-order valence-corrected chi connectivity index (χ3v) is 20.6. The molecular weight excluding hydrogens is 1750 g/mol. The summed E-state index contributed by atoms with van der Waals surface area (Å²) in [5.41, 5.74) is 32.2. The Bertz CT molecular complexity index is 5790. The fourth-order valence-corrected chi connectivity index (χ4v) is 14.6. The molecule has 0 N–H and O–H groups in total. The molecule has 2 atom stereocenters. The van der Waals surface area contributed by atoms with E-state index in [9.17, 15) is 0 Å². The summed E-state index contributed by atoms with van der Waals surface area (Å²) < 4.78 is 22.7. The summed E-state index contributed by atoms with van der Waals surface area (Å²) in [6.07, 6.45) is 6.32. The van der Waals surface area contributed by atoms with Crippen molar-refractivity contribution in [3.05, 3.63) is 518 Å². The van der Waals surface area contributed by atoms with Crippen LogP contribution in [0.25, 0.3) is 89.8 Å². The van der Waals surface area contributed by atoms with Gasteiger partial charge in [0.25, 0.3) is 0 Å². The van der Waals surface area contributed by atoms with Crippen molar-refractivity contribution in [3.63, 3.8) is 0 Å². The summed E-state index contributed by atoms with van der Waals surface area (Å²) in [6.45, 7) is 4.27. The fraction of sp³-hybridized carbons (Fsp3) is 0.0268. The first-order valence-electron chi connectivity index (χ1n) is 40.9. The number of pyridine rings is 1. The number of benzene rings is 17. The number of anilines is 6. The van der Waals surface area contributed by atoms with E-state index in [1.165, 1.54) is 128 Å². The van der Waals surface area contributed by atoms with Crippen LogP contribution in [0.2, 0.25) is 0 Å². The third-order valence-electron chi connectivity index (χ3n) is 20.3. The standard InChI is InChI=1S/C40H30.C38H32N2.C24H18.C9H7NO.CH4.Al.Bi.2H3P.V.3H/c1-5-13-35(14-6-1)39(36-15-7-2-8-16-36)29-31-21-25-33(26-22-31)34-27-23-32(24-28-34)30-40(37-17-9-3-10-18-37)38-19-11-4-12-20-38;1-29-11-9-17-37(27-29)39(33-13-5-3-6-14-33)35-23-19-31(20-24-35)32-21-25-36(26-22-32)40(34-15-7-4-8-16-34)38-18-10-12-30(2)28-38;1-3-7-19(8-4-1)21-11-15-23(16-12-21)24-17-13-22(14-18-24)20-9-5-2-6-10-20;11-8-5-1-3-7-4-2-6-10-9(7)8;;;;;;;;;/h1-30H;3-28H,1-2H3;1-18H;1-6,11H;1H4;;;2*1H3;;;;/q;;;;;+1;;;;;;;/p-1/i;;;;;;;1TD;1D;;;;. The summed E-state index contributed by atoms with van der Waals surface area (Å²) in [5.74, 6) is 0.839. The largest absolute Gasteiger partial charge is 0.0622 e. The van der Waals surface area contributed by atoms with Crippen molar-refractivity contribution in [1.29, 1.82) is 3.84 Å². The molecule has 0 amide bonds.